The molecule has 0 aliphatic rings. The molecule has 0 aliphatic heterocycles. The Bertz CT molecular complexity index is 160. The van der Waals surface area contributed by atoms with Crippen LogP contribution in [0.1, 0.15) is 0 Å². The highest BCUT2D eigenvalue weighted by Gasteiger charge is 2.02. The fraction of sp³-hybridized carbons (Fsp3) is 0.571. The van der Waals surface area contributed by atoms with Crippen molar-refractivity contribution in [2.45, 2.75) is 0 Å². The van der Waals surface area contributed by atoms with E-state index in [0.29, 0.717) is 0 Å². The second-order valence-corrected chi connectivity index (χ2v) is 2.25. The van der Waals surface area contributed by atoms with Gasteiger partial charge in [0.2, 0.25) is 0 Å². The normalized spacial score (nSPS) is 11.6. The zero-order valence-corrected chi connectivity index (χ0v) is 7.60. The van der Waals surface area contributed by atoms with Gasteiger partial charge in [-0.2, -0.15) is 0 Å². The lowest BCUT2D eigenvalue weighted by molar-refractivity contribution is 0.462. The lowest BCUT2D eigenvalue weighted by Gasteiger charge is -2.18. The lowest BCUT2D eigenvalue weighted by atomic mass is 10.5. The summed E-state index contributed by atoms with van der Waals surface area (Å²) in [5.41, 5.74) is 0. The van der Waals surface area contributed by atoms with Gasteiger partial charge in [0.1, 0.15) is 5.82 Å². The fourth-order valence-corrected chi connectivity index (χ4v) is 0.826. The van der Waals surface area contributed by atoms with E-state index in [1.807, 2.05) is 33.1 Å². The molecule has 2 N–H and O–H groups in total. The molecule has 0 aromatic carbocycles. The van der Waals surface area contributed by atoms with E-state index in [1.165, 1.54) is 0 Å². The first-order valence-corrected chi connectivity index (χ1v) is 3.41. The molecule has 0 fully saturated rings. The van der Waals surface area contributed by atoms with E-state index in [1.54, 1.807) is 0 Å². The summed E-state index contributed by atoms with van der Waals surface area (Å²) in [5.74, 6) is 1.67. The molecule has 0 spiro atoms. The Hall–Kier alpha value is -1.19. The minimum Gasteiger partial charge on any atom is -0.372 e. The van der Waals surface area contributed by atoms with Gasteiger partial charge in [-0.05, 0) is 6.72 Å². The number of hydrogen-bond acceptors (Lipinski definition) is 4. The Labute approximate surface area is 68.0 Å². The van der Waals surface area contributed by atoms with Crippen molar-refractivity contribution in [1.29, 1.82) is 0 Å². The maximum Gasteiger partial charge on any atom is 0.166 e. The molecule has 11 heavy (non-hydrogen) atoms. The van der Waals surface area contributed by atoms with Crippen LogP contribution in [0.2, 0.25) is 0 Å². The first kappa shape index (κ1) is 9.81. The van der Waals surface area contributed by atoms with Crippen molar-refractivity contribution in [2.24, 2.45) is 4.99 Å². The summed E-state index contributed by atoms with van der Waals surface area (Å²) in [6.45, 7) is 3.45. The third-order valence-corrected chi connectivity index (χ3v) is 1.30. The summed E-state index contributed by atoms with van der Waals surface area (Å²) in [6.07, 6.45) is 0. The van der Waals surface area contributed by atoms with Crippen LogP contribution >= 0.6 is 0 Å². The molecule has 0 rings (SSSR count). The quantitative estimate of drug-likeness (QED) is 0.554. The lowest BCUT2D eigenvalue weighted by Crippen LogP contribution is -2.27. The standard InChI is InChI=1S/C7H16N4/c1-8-6(9-2)7(10-3)11(4)5/h9-10H,1H2,2-5H3/b7-6+. The van der Waals surface area contributed by atoms with E-state index in [0.717, 1.165) is 11.6 Å². The number of nitrogens with zero attached hydrogens (tertiary/aromatic N) is 2. The van der Waals surface area contributed by atoms with E-state index in [-0.39, 0.29) is 0 Å². The van der Waals surface area contributed by atoms with E-state index in [4.69, 9.17) is 0 Å². The summed E-state index contributed by atoms with van der Waals surface area (Å²) in [5, 5.41) is 5.94. The highest BCUT2D eigenvalue weighted by molar-refractivity contribution is 5.29. The van der Waals surface area contributed by atoms with Gasteiger partial charge in [0.15, 0.2) is 5.82 Å². The van der Waals surface area contributed by atoms with Crippen molar-refractivity contribution >= 4 is 6.72 Å². The summed E-state index contributed by atoms with van der Waals surface area (Å²) >= 11 is 0. The van der Waals surface area contributed by atoms with Crippen LogP contribution < -0.4 is 10.6 Å². The van der Waals surface area contributed by atoms with Crippen molar-refractivity contribution in [3.8, 4) is 0 Å². The number of hydrogen-bond donors (Lipinski definition) is 2. The molecule has 4 nitrogen and oxygen atoms in total. The Morgan fingerprint density at radius 1 is 1.27 bits per heavy atom. The summed E-state index contributed by atoms with van der Waals surface area (Å²) < 4.78 is 0. The van der Waals surface area contributed by atoms with E-state index < -0.39 is 0 Å². The van der Waals surface area contributed by atoms with E-state index >= 15 is 0 Å². The Balaban J connectivity index is 4.62. The topological polar surface area (TPSA) is 39.7 Å². The van der Waals surface area contributed by atoms with E-state index in [2.05, 4.69) is 22.3 Å². The monoisotopic (exact) mass is 156 g/mol. The minimum absolute atomic E-state index is 0.748. The van der Waals surface area contributed by atoms with Gasteiger partial charge in [-0.3, -0.25) is 0 Å². The van der Waals surface area contributed by atoms with Crippen LogP contribution in [0.5, 0.6) is 0 Å². The Kier molecular flexibility index (Phi) is 4.10. The van der Waals surface area contributed by atoms with Crippen LogP contribution in [0.3, 0.4) is 0 Å². The fourth-order valence-electron chi connectivity index (χ4n) is 0.826. The van der Waals surface area contributed by atoms with Gasteiger partial charge in [0.05, 0.1) is 0 Å². The summed E-state index contributed by atoms with van der Waals surface area (Å²) in [4.78, 5) is 5.74. The molecule has 0 heterocycles. The molecule has 0 aliphatic carbocycles. The van der Waals surface area contributed by atoms with Crippen LogP contribution in [0.15, 0.2) is 16.6 Å². The van der Waals surface area contributed by atoms with Crippen molar-refractivity contribution in [2.75, 3.05) is 28.2 Å². The predicted molar refractivity (Wildman–Crippen MR) is 48.4 cm³/mol. The molecule has 64 valence electrons. The molecule has 4 heteroatoms. The number of nitrogens with one attached hydrogen (secondary N) is 2. The molecule has 0 saturated carbocycles. The molecule has 0 aromatic heterocycles. The number of aliphatic imine (C=N–C) groups is 1. The van der Waals surface area contributed by atoms with Crippen LogP contribution in [-0.4, -0.2) is 39.8 Å². The predicted octanol–water partition coefficient (Wildman–Crippen LogP) is -0.186. The second-order valence-electron chi connectivity index (χ2n) is 2.25. The van der Waals surface area contributed by atoms with Gasteiger partial charge in [0, 0.05) is 28.2 Å². The number of rotatable bonds is 4. The van der Waals surface area contributed by atoms with Gasteiger partial charge >= 0.3 is 0 Å². The average Bonchev–Trinajstić information content (AvgIpc) is 1.99. The first-order valence-electron chi connectivity index (χ1n) is 3.41. The van der Waals surface area contributed by atoms with Gasteiger partial charge in [-0.1, -0.05) is 0 Å². The maximum absolute atomic E-state index is 3.81. The molecule has 0 bridgehead atoms. The third kappa shape index (κ3) is 2.49. The van der Waals surface area contributed by atoms with E-state index in [9.17, 15) is 0 Å². The second kappa shape index (κ2) is 4.60. The molecule has 0 radical (unpaired) electrons. The minimum atomic E-state index is 0.748. The van der Waals surface area contributed by atoms with Crippen molar-refractivity contribution < 1.29 is 0 Å². The van der Waals surface area contributed by atoms with Crippen molar-refractivity contribution in [1.82, 2.24) is 15.5 Å². The van der Waals surface area contributed by atoms with Gasteiger partial charge in [0.25, 0.3) is 0 Å². The summed E-state index contributed by atoms with van der Waals surface area (Å²) in [6, 6.07) is 0. The third-order valence-electron chi connectivity index (χ3n) is 1.30. The van der Waals surface area contributed by atoms with Gasteiger partial charge in [-0.15, -0.1) is 0 Å². The smallest absolute Gasteiger partial charge is 0.166 e. The van der Waals surface area contributed by atoms with Crippen LogP contribution in [-0.2, 0) is 0 Å². The summed E-state index contributed by atoms with van der Waals surface area (Å²) in [7, 11) is 7.53. The molecule has 0 unspecified atom stereocenters. The van der Waals surface area contributed by atoms with Crippen LogP contribution in [0, 0.1) is 0 Å². The maximum atomic E-state index is 3.81. The zero-order chi connectivity index (χ0) is 8.85. The average molecular weight is 156 g/mol. The zero-order valence-electron chi connectivity index (χ0n) is 7.60. The molecular weight excluding hydrogens is 140 g/mol. The van der Waals surface area contributed by atoms with Crippen molar-refractivity contribution in [3.05, 3.63) is 11.6 Å². The highest BCUT2D eigenvalue weighted by Crippen LogP contribution is 1.99. The van der Waals surface area contributed by atoms with Crippen molar-refractivity contribution in [3.63, 3.8) is 0 Å². The molecule has 0 atom stereocenters. The molecular formula is C7H16N4. The Morgan fingerprint density at radius 3 is 1.91 bits per heavy atom. The van der Waals surface area contributed by atoms with Crippen LogP contribution in [0.4, 0.5) is 0 Å². The highest BCUT2D eigenvalue weighted by atomic mass is 15.2. The molecule has 0 aromatic rings. The largest absolute Gasteiger partial charge is 0.372 e. The first-order chi connectivity index (χ1) is 5.17. The molecule has 0 saturated heterocycles. The SMILES string of the molecule is C=N/C(NC)=C(/NC)N(C)C. The van der Waals surface area contributed by atoms with Crippen LogP contribution in [0.25, 0.3) is 0 Å². The van der Waals surface area contributed by atoms with Gasteiger partial charge in [-0.25, -0.2) is 4.99 Å². The van der Waals surface area contributed by atoms with Gasteiger partial charge < -0.3 is 15.5 Å². The Morgan fingerprint density at radius 2 is 1.82 bits per heavy atom. The molecule has 0 amide bonds.